The largest absolute Gasteiger partial charge is 0.501 e. The van der Waals surface area contributed by atoms with Gasteiger partial charge in [-0.05, 0) is 68.8 Å². The van der Waals surface area contributed by atoms with E-state index >= 15 is 0 Å². The standard InChI is InChI=1S/C27H20NO2.C14H16NSi.Ir/c1-15(2)19-12-21(28-14-16(19)3)20-13-24-25(17-8-4-6-10-22(17)29-24)26-18-9-5-7-11-23(18)30-27(20)26;1-16(2,3)13-9-10-14(15-11-13)12-7-5-4-6-8-12;/h4-12,14-15H,1-3H3;4-7,9-11H,1-3H3;/q2*-1;. The number of hydrogen-bond acceptors (Lipinski definition) is 4. The van der Waals surface area contributed by atoms with E-state index in [2.05, 4.69) is 87.9 Å². The number of nitrogens with zero attached hydrogens (tertiary/aromatic N) is 2. The summed E-state index contributed by atoms with van der Waals surface area (Å²) in [6.07, 6.45) is 3.96. The first kappa shape index (κ1) is 32.6. The zero-order valence-corrected chi connectivity index (χ0v) is 30.8. The molecule has 0 unspecified atom stereocenters. The molecule has 0 bridgehead atoms. The number of pyridine rings is 2. The normalized spacial score (nSPS) is 11.6. The zero-order chi connectivity index (χ0) is 32.0. The Labute approximate surface area is 290 Å². The SMILES string of the molecule is C[Si](C)(C)c1ccc(-c2[c-]cccc2)nc1.Cc1cnc(-c2[c-]c3oc4ccccc4c3c3c2oc2ccccc23)cc1C(C)C.[Ir]. The van der Waals surface area contributed by atoms with Crippen LogP contribution in [0.15, 0.2) is 112 Å². The van der Waals surface area contributed by atoms with E-state index in [9.17, 15) is 0 Å². The van der Waals surface area contributed by atoms with Crippen LogP contribution in [0.1, 0.15) is 30.9 Å². The van der Waals surface area contributed by atoms with Crippen molar-refractivity contribution in [3.8, 4) is 22.5 Å². The fourth-order valence-electron chi connectivity index (χ4n) is 6.05. The van der Waals surface area contributed by atoms with Crippen molar-refractivity contribution in [2.75, 3.05) is 0 Å². The van der Waals surface area contributed by atoms with Gasteiger partial charge in [-0.3, -0.25) is 0 Å². The van der Waals surface area contributed by atoms with Crippen molar-refractivity contribution < 1.29 is 28.9 Å². The maximum atomic E-state index is 6.38. The Hall–Kier alpha value is -4.35. The summed E-state index contributed by atoms with van der Waals surface area (Å²) in [7, 11) is -1.23. The van der Waals surface area contributed by atoms with E-state index in [-0.39, 0.29) is 20.1 Å². The second-order valence-electron chi connectivity index (χ2n) is 13.1. The van der Waals surface area contributed by atoms with Gasteiger partial charge in [0.15, 0.2) is 0 Å². The summed E-state index contributed by atoms with van der Waals surface area (Å²) in [6.45, 7) is 13.5. The van der Waals surface area contributed by atoms with Crippen LogP contribution in [0.4, 0.5) is 0 Å². The van der Waals surface area contributed by atoms with Gasteiger partial charge in [-0.15, -0.1) is 35.9 Å². The quantitative estimate of drug-likeness (QED) is 0.131. The van der Waals surface area contributed by atoms with Crippen LogP contribution in [0.25, 0.3) is 66.4 Å². The third-order valence-corrected chi connectivity index (χ3v) is 10.6. The average molecular weight is 809 g/mol. The third kappa shape index (κ3) is 6.21. The minimum Gasteiger partial charge on any atom is -0.501 e. The van der Waals surface area contributed by atoms with E-state index < -0.39 is 8.07 Å². The molecule has 4 aromatic carbocycles. The summed E-state index contributed by atoms with van der Waals surface area (Å²) >= 11 is 0. The molecule has 237 valence electrons. The molecule has 0 saturated heterocycles. The van der Waals surface area contributed by atoms with Crippen LogP contribution >= 0.6 is 0 Å². The number of fused-ring (bicyclic) bond motifs is 7. The molecule has 47 heavy (non-hydrogen) atoms. The summed E-state index contributed by atoms with van der Waals surface area (Å²) < 4.78 is 12.6. The van der Waals surface area contributed by atoms with E-state index in [1.165, 1.54) is 16.3 Å². The molecule has 0 spiro atoms. The molecular formula is C41H36IrN2O2Si-2. The molecule has 0 aliphatic carbocycles. The first-order valence-electron chi connectivity index (χ1n) is 15.8. The van der Waals surface area contributed by atoms with Gasteiger partial charge in [0.2, 0.25) is 0 Å². The Morgan fingerprint density at radius 2 is 1.38 bits per heavy atom. The minimum absolute atomic E-state index is 0. The van der Waals surface area contributed by atoms with Gasteiger partial charge in [0, 0.05) is 37.9 Å². The third-order valence-electron chi connectivity index (χ3n) is 8.54. The van der Waals surface area contributed by atoms with Crippen molar-refractivity contribution in [1.29, 1.82) is 0 Å². The number of rotatable bonds is 4. The van der Waals surface area contributed by atoms with Gasteiger partial charge in [0.05, 0.1) is 19.2 Å². The van der Waals surface area contributed by atoms with Gasteiger partial charge in [-0.25, -0.2) is 0 Å². The van der Waals surface area contributed by atoms with Crippen LogP contribution in [-0.2, 0) is 20.1 Å². The van der Waals surface area contributed by atoms with Crippen LogP contribution in [0.2, 0.25) is 19.6 Å². The molecule has 8 aromatic rings. The first-order chi connectivity index (χ1) is 22.2. The summed E-state index contributed by atoms with van der Waals surface area (Å²) in [6, 6.07) is 37.4. The Balaban J connectivity index is 0.000000194. The Kier molecular flexibility index (Phi) is 9.04. The number of furan rings is 2. The van der Waals surface area contributed by atoms with Crippen LogP contribution in [-0.4, -0.2) is 18.0 Å². The predicted octanol–water partition coefficient (Wildman–Crippen LogP) is 10.9. The van der Waals surface area contributed by atoms with Crippen molar-refractivity contribution in [2.45, 2.75) is 46.3 Å². The molecule has 0 atom stereocenters. The van der Waals surface area contributed by atoms with Crippen LogP contribution in [0, 0.1) is 19.1 Å². The first-order valence-corrected chi connectivity index (χ1v) is 19.3. The van der Waals surface area contributed by atoms with E-state index in [0.29, 0.717) is 5.92 Å². The number of hydrogen-bond donors (Lipinski definition) is 0. The molecule has 0 N–H and O–H groups in total. The second-order valence-corrected chi connectivity index (χ2v) is 18.2. The Bertz CT molecular complexity index is 2330. The molecule has 8 rings (SSSR count). The second kappa shape index (κ2) is 13.0. The van der Waals surface area contributed by atoms with E-state index in [4.69, 9.17) is 13.8 Å². The molecule has 0 fully saturated rings. The van der Waals surface area contributed by atoms with E-state index in [1.807, 2.05) is 73.1 Å². The molecule has 4 aromatic heterocycles. The van der Waals surface area contributed by atoms with E-state index in [1.54, 1.807) is 0 Å². The number of aryl methyl sites for hydroxylation is 1. The van der Waals surface area contributed by atoms with Gasteiger partial charge >= 0.3 is 0 Å². The average Bonchev–Trinajstić information content (AvgIpc) is 3.63. The number of aromatic nitrogens is 2. The fraction of sp³-hybridized carbons (Fsp3) is 0.171. The summed E-state index contributed by atoms with van der Waals surface area (Å²) in [5, 5.41) is 5.66. The smallest absolute Gasteiger partial charge is 0.123 e. The van der Waals surface area contributed by atoms with Gasteiger partial charge in [-0.2, -0.15) is 0 Å². The fourth-order valence-corrected chi connectivity index (χ4v) is 7.08. The summed E-state index contributed by atoms with van der Waals surface area (Å²) in [5.74, 6) is 0.410. The molecule has 6 heteroatoms. The molecule has 0 aliphatic rings. The van der Waals surface area contributed by atoms with Crippen molar-refractivity contribution >= 4 is 57.1 Å². The van der Waals surface area contributed by atoms with Gasteiger partial charge in [0.1, 0.15) is 11.2 Å². The zero-order valence-electron chi connectivity index (χ0n) is 27.4. The summed E-state index contributed by atoms with van der Waals surface area (Å²) in [5.41, 5.74) is 9.49. The van der Waals surface area contributed by atoms with E-state index in [0.717, 1.165) is 66.4 Å². The van der Waals surface area contributed by atoms with Crippen LogP contribution in [0.5, 0.6) is 0 Å². The van der Waals surface area contributed by atoms with Crippen molar-refractivity contribution in [1.82, 2.24) is 9.97 Å². The predicted molar refractivity (Wildman–Crippen MR) is 193 cm³/mol. The molecule has 1 radical (unpaired) electrons. The molecule has 0 aliphatic heterocycles. The Morgan fingerprint density at radius 3 is 2.02 bits per heavy atom. The monoisotopic (exact) mass is 809 g/mol. The maximum Gasteiger partial charge on any atom is 0.123 e. The molecule has 0 amide bonds. The van der Waals surface area contributed by atoms with Gasteiger partial charge in [0.25, 0.3) is 0 Å². The van der Waals surface area contributed by atoms with Crippen molar-refractivity contribution in [3.63, 3.8) is 0 Å². The van der Waals surface area contributed by atoms with Gasteiger partial charge in [-0.1, -0.05) is 99.7 Å². The molecule has 4 nitrogen and oxygen atoms in total. The van der Waals surface area contributed by atoms with Crippen molar-refractivity contribution in [3.05, 3.63) is 127 Å². The van der Waals surface area contributed by atoms with Crippen LogP contribution in [0.3, 0.4) is 0 Å². The minimum atomic E-state index is -1.23. The Morgan fingerprint density at radius 1 is 0.723 bits per heavy atom. The number of para-hydroxylation sites is 2. The van der Waals surface area contributed by atoms with Gasteiger partial charge < -0.3 is 18.8 Å². The summed E-state index contributed by atoms with van der Waals surface area (Å²) in [4.78, 5) is 9.26. The molecular weight excluding hydrogens is 773 g/mol. The van der Waals surface area contributed by atoms with Crippen molar-refractivity contribution in [2.24, 2.45) is 0 Å². The number of benzene rings is 4. The maximum absolute atomic E-state index is 6.38. The molecule has 4 heterocycles. The topological polar surface area (TPSA) is 52.1 Å². The van der Waals surface area contributed by atoms with Crippen LogP contribution < -0.4 is 5.19 Å². The molecule has 0 saturated carbocycles.